The SMILES string of the molecule is CC(C)(C)c1cc(C=Nc2ccccc2N=Cc2cc(C(C)(C)C)cc(C(C)(C)C)c2[O-])c([O-])c(C(C)(C)C)c1.C[C@@H]1O[C@H]1C.[Zn+2]. The molecule has 2 atom stereocenters. The number of aliphatic imine (C=N–C) groups is 2. The van der Waals surface area contributed by atoms with Crippen molar-refractivity contribution in [1.82, 2.24) is 0 Å². The molecule has 0 spiro atoms. The smallest absolute Gasteiger partial charge is 0.872 e. The molecule has 3 aromatic carbocycles. The first-order valence-corrected chi connectivity index (χ1v) is 16.0. The number of nitrogens with zero attached hydrogens (tertiary/aromatic N) is 2. The number of epoxide rings is 1. The third kappa shape index (κ3) is 10.3. The summed E-state index contributed by atoms with van der Waals surface area (Å²) in [5.41, 5.74) is 5.36. The number of para-hydroxylation sites is 2. The van der Waals surface area contributed by atoms with Crippen molar-refractivity contribution in [3.05, 3.63) is 81.9 Å². The average molecular weight is 676 g/mol. The van der Waals surface area contributed by atoms with Crippen LogP contribution >= 0.6 is 0 Å². The van der Waals surface area contributed by atoms with Crippen LogP contribution in [0.15, 0.2) is 58.5 Å². The molecule has 0 N–H and O–H groups in total. The molecule has 244 valence electrons. The van der Waals surface area contributed by atoms with Gasteiger partial charge in [-0.05, 0) is 81.0 Å². The van der Waals surface area contributed by atoms with Crippen LogP contribution in [0, 0.1) is 0 Å². The molecule has 0 aromatic heterocycles. The molecule has 1 heterocycles. The fourth-order valence-corrected chi connectivity index (χ4v) is 4.73. The Morgan fingerprint density at radius 3 is 1.11 bits per heavy atom. The Balaban J connectivity index is 0.00000112. The Hall–Kier alpha value is -2.82. The van der Waals surface area contributed by atoms with Crippen LogP contribution in [0.5, 0.6) is 11.5 Å². The Morgan fingerprint density at radius 2 is 0.870 bits per heavy atom. The van der Waals surface area contributed by atoms with E-state index in [1.807, 2.05) is 48.5 Å². The predicted octanol–water partition coefficient (Wildman–Crippen LogP) is 9.32. The molecule has 1 aliphatic rings. The Labute approximate surface area is 291 Å². The van der Waals surface area contributed by atoms with Crippen molar-refractivity contribution < 1.29 is 34.4 Å². The van der Waals surface area contributed by atoms with Crippen molar-refractivity contribution in [2.75, 3.05) is 0 Å². The van der Waals surface area contributed by atoms with Crippen molar-refractivity contribution in [2.24, 2.45) is 9.98 Å². The zero-order valence-electron chi connectivity index (χ0n) is 30.8. The Morgan fingerprint density at radius 1 is 0.565 bits per heavy atom. The van der Waals surface area contributed by atoms with E-state index in [-0.39, 0.29) is 52.6 Å². The topological polar surface area (TPSA) is 83.4 Å². The van der Waals surface area contributed by atoms with E-state index in [0.29, 0.717) is 34.7 Å². The molecule has 5 nitrogen and oxygen atoms in total. The fraction of sp³-hybridized carbons (Fsp3) is 0.500. The maximum Gasteiger partial charge on any atom is 2.00 e. The van der Waals surface area contributed by atoms with Gasteiger partial charge in [-0.3, -0.25) is 9.98 Å². The third-order valence-electron chi connectivity index (χ3n) is 8.16. The summed E-state index contributed by atoms with van der Waals surface area (Å²) in [5.74, 6) is -0.00938. The van der Waals surface area contributed by atoms with Crippen molar-refractivity contribution in [3.8, 4) is 11.5 Å². The minimum Gasteiger partial charge on any atom is -0.872 e. The summed E-state index contributed by atoms with van der Waals surface area (Å²) in [4.78, 5) is 9.43. The van der Waals surface area contributed by atoms with Crippen molar-refractivity contribution in [1.29, 1.82) is 0 Å². The minimum absolute atomic E-state index is 0. The summed E-state index contributed by atoms with van der Waals surface area (Å²) in [6.07, 6.45) is 4.40. The van der Waals surface area contributed by atoms with E-state index in [1.54, 1.807) is 12.4 Å². The van der Waals surface area contributed by atoms with Crippen molar-refractivity contribution >= 4 is 23.8 Å². The van der Waals surface area contributed by atoms with Gasteiger partial charge < -0.3 is 14.9 Å². The third-order valence-corrected chi connectivity index (χ3v) is 8.16. The molecule has 3 aromatic rings. The van der Waals surface area contributed by atoms with Gasteiger partial charge in [0, 0.05) is 12.4 Å². The van der Waals surface area contributed by atoms with Crippen molar-refractivity contribution in [2.45, 2.75) is 131 Å². The average Bonchev–Trinajstić information content (AvgIpc) is 3.56. The van der Waals surface area contributed by atoms with Gasteiger partial charge in [0.2, 0.25) is 0 Å². The molecule has 6 heteroatoms. The number of ether oxygens (including phenoxy) is 1. The maximum atomic E-state index is 13.4. The molecule has 1 aliphatic heterocycles. The van der Waals surface area contributed by atoms with Crippen molar-refractivity contribution in [3.63, 3.8) is 0 Å². The minimum atomic E-state index is -0.285. The monoisotopic (exact) mass is 674 g/mol. The van der Waals surface area contributed by atoms with Gasteiger partial charge in [-0.15, -0.1) is 0 Å². The Kier molecular flexibility index (Phi) is 12.4. The van der Waals surface area contributed by atoms with E-state index in [9.17, 15) is 10.2 Å². The summed E-state index contributed by atoms with van der Waals surface area (Å²) in [6.45, 7) is 29.4. The van der Waals surface area contributed by atoms with E-state index in [0.717, 1.165) is 22.3 Å². The van der Waals surface area contributed by atoms with Gasteiger partial charge in [-0.25, -0.2) is 0 Å². The van der Waals surface area contributed by atoms with E-state index < -0.39 is 0 Å². The molecule has 1 fully saturated rings. The van der Waals surface area contributed by atoms with Gasteiger partial charge in [0.15, 0.2) is 0 Å². The molecule has 0 unspecified atom stereocenters. The molecule has 0 saturated carbocycles. The summed E-state index contributed by atoms with van der Waals surface area (Å²) >= 11 is 0. The summed E-state index contributed by atoms with van der Waals surface area (Å²) in [6, 6.07) is 15.5. The first-order chi connectivity index (χ1) is 20.5. The first kappa shape index (κ1) is 39.4. The molecule has 46 heavy (non-hydrogen) atoms. The van der Waals surface area contributed by atoms with Gasteiger partial charge in [-0.1, -0.05) is 131 Å². The van der Waals surface area contributed by atoms with Gasteiger partial charge in [0.1, 0.15) is 0 Å². The van der Waals surface area contributed by atoms with E-state index in [2.05, 4.69) is 96.9 Å². The van der Waals surface area contributed by atoms with Crippen LogP contribution in [0.3, 0.4) is 0 Å². The first-order valence-electron chi connectivity index (χ1n) is 16.0. The number of benzene rings is 3. The summed E-state index contributed by atoms with van der Waals surface area (Å²) < 4.78 is 4.92. The van der Waals surface area contributed by atoms with Gasteiger partial charge >= 0.3 is 19.5 Å². The van der Waals surface area contributed by atoms with E-state index in [1.165, 1.54) is 0 Å². The van der Waals surface area contributed by atoms with Gasteiger partial charge in [-0.2, -0.15) is 0 Å². The van der Waals surface area contributed by atoms with Gasteiger partial charge in [0.25, 0.3) is 0 Å². The standard InChI is InChI=1S/C36H48N2O2.C4H8O.Zn/c1-33(2,3)25-17-23(31(39)27(19-25)35(7,8)9)21-37-29-15-13-14-16-30(29)38-22-24-18-26(34(4,5)6)20-28(32(24)40)36(10,11)12;1-3-4(2)5-3;/h13-22,39-40H,1-12H3;3-4H,1-2H3;/q;;+2/p-2/t;3-,4-;/m.0./s1. The molecule has 1 saturated heterocycles. The zero-order valence-corrected chi connectivity index (χ0v) is 33.7. The van der Waals surface area contributed by atoms with E-state index >= 15 is 0 Å². The van der Waals surface area contributed by atoms with Crippen LogP contribution in [0.1, 0.15) is 130 Å². The summed E-state index contributed by atoms with van der Waals surface area (Å²) in [5, 5.41) is 26.8. The van der Waals surface area contributed by atoms with E-state index in [4.69, 9.17) is 14.7 Å². The van der Waals surface area contributed by atoms with Crippen LogP contribution in [0.4, 0.5) is 11.4 Å². The number of rotatable bonds is 4. The maximum absolute atomic E-state index is 13.4. The summed E-state index contributed by atoms with van der Waals surface area (Å²) in [7, 11) is 0. The van der Waals surface area contributed by atoms with Crippen LogP contribution in [-0.2, 0) is 45.9 Å². The molecule has 0 aliphatic carbocycles. The second-order valence-corrected chi connectivity index (χ2v) is 16.4. The number of hydrogen-bond acceptors (Lipinski definition) is 5. The quantitative estimate of drug-likeness (QED) is 0.157. The normalized spacial score (nSPS) is 17.1. The predicted molar refractivity (Wildman–Crippen MR) is 188 cm³/mol. The molecule has 0 bridgehead atoms. The van der Waals surface area contributed by atoms with Crippen LogP contribution in [-0.4, -0.2) is 24.6 Å². The molecular formula is C40H54N2O3Zn. The fourth-order valence-electron chi connectivity index (χ4n) is 4.73. The van der Waals surface area contributed by atoms with Crippen LogP contribution in [0.2, 0.25) is 0 Å². The largest absolute Gasteiger partial charge is 2.00 e. The zero-order chi connectivity index (χ0) is 34.1. The van der Waals surface area contributed by atoms with Crippen LogP contribution < -0.4 is 10.2 Å². The van der Waals surface area contributed by atoms with Crippen LogP contribution in [0.25, 0.3) is 0 Å². The van der Waals surface area contributed by atoms with Gasteiger partial charge in [0.05, 0.1) is 23.6 Å². The molecule has 4 rings (SSSR count). The molecular weight excluding hydrogens is 622 g/mol. The second kappa shape index (κ2) is 14.5. The molecule has 0 amide bonds. The second-order valence-electron chi connectivity index (χ2n) is 16.4. The molecule has 0 radical (unpaired) electrons. The Bertz CT molecular complexity index is 1450. The number of hydrogen-bond donors (Lipinski definition) is 0.